The van der Waals surface area contributed by atoms with E-state index in [0.717, 1.165) is 6.20 Å². The molecule has 0 bridgehead atoms. The average Bonchev–Trinajstić information content (AvgIpc) is 1.84. The third-order valence-corrected chi connectivity index (χ3v) is 1.46. The van der Waals surface area contributed by atoms with Gasteiger partial charge in [0.25, 0.3) is 6.20 Å². The van der Waals surface area contributed by atoms with Crippen molar-refractivity contribution in [3.05, 3.63) is 21.3 Å². The molecule has 0 aromatic rings. The largest absolute Gasteiger partial charge is 0.374 e. The summed E-state index contributed by atoms with van der Waals surface area (Å²) in [4.78, 5) is 9.38. The van der Waals surface area contributed by atoms with E-state index in [-0.39, 0.29) is 0 Å². The molecule has 0 amide bonds. The van der Waals surface area contributed by atoms with Crippen molar-refractivity contribution in [3.8, 4) is 0 Å². The van der Waals surface area contributed by atoms with Gasteiger partial charge in [-0.3, -0.25) is 10.1 Å². The van der Waals surface area contributed by atoms with Crippen LogP contribution in [-0.2, 0) is 0 Å². The zero-order valence-corrected chi connectivity index (χ0v) is 7.09. The molecule has 0 saturated heterocycles. The van der Waals surface area contributed by atoms with Gasteiger partial charge in [0.2, 0.25) is 0 Å². The molecule has 0 heterocycles. The van der Waals surface area contributed by atoms with Crippen molar-refractivity contribution < 1.29 is 10.0 Å². The lowest BCUT2D eigenvalue weighted by atomic mass is 10.6. The first kappa shape index (κ1) is 10.2. The minimum atomic E-state index is -0.770. The summed E-state index contributed by atoms with van der Waals surface area (Å²) in [6, 6.07) is 0. The van der Waals surface area contributed by atoms with Gasteiger partial charge in [-0.2, -0.15) is 0 Å². The molecule has 11 heavy (non-hydrogen) atoms. The molecule has 0 aromatic carbocycles. The molecule has 5 nitrogen and oxygen atoms in total. The highest BCUT2D eigenvalue weighted by atomic mass is 32.2. The maximum atomic E-state index is 9.94. The van der Waals surface area contributed by atoms with Crippen LogP contribution >= 0.6 is 11.8 Å². The van der Waals surface area contributed by atoms with Crippen LogP contribution in [0.3, 0.4) is 0 Å². The first-order valence-corrected chi connectivity index (χ1v) is 4.12. The van der Waals surface area contributed by atoms with E-state index in [2.05, 4.69) is 5.32 Å². The first-order valence-electron chi connectivity index (χ1n) is 2.90. The summed E-state index contributed by atoms with van der Waals surface area (Å²) in [6.45, 7) is 1.49. The van der Waals surface area contributed by atoms with Gasteiger partial charge in [0.15, 0.2) is 0 Å². The summed E-state index contributed by atoms with van der Waals surface area (Å²) in [6.07, 6.45) is 1.73. The van der Waals surface area contributed by atoms with Crippen LogP contribution in [0.4, 0.5) is 0 Å². The second kappa shape index (κ2) is 4.97. The van der Waals surface area contributed by atoms with Gasteiger partial charge in [-0.15, -0.1) is 11.8 Å². The van der Waals surface area contributed by atoms with E-state index in [1.807, 2.05) is 0 Å². The van der Waals surface area contributed by atoms with E-state index in [1.54, 1.807) is 6.26 Å². The molecule has 2 N–H and O–H groups in total. The molecule has 0 saturated carbocycles. The van der Waals surface area contributed by atoms with Gasteiger partial charge >= 0.3 is 0 Å². The molecule has 0 aromatic heterocycles. The van der Waals surface area contributed by atoms with Crippen molar-refractivity contribution in [2.24, 2.45) is 0 Å². The number of hydrogen-bond donors (Lipinski definition) is 2. The number of rotatable bonds is 4. The van der Waals surface area contributed by atoms with Crippen molar-refractivity contribution in [2.45, 2.75) is 13.2 Å². The highest BCUT2D eigenvalue weighted by molar-refractivity contribution is 8.02. The maximum absolute atomic E-state index is 9.94. The van der Waals surface area contributed by atoms with Gasteiger partial charge in [-0.25, -0.2) is 0 Å². The zero-order chi connectivity index (χ0) is 8.85. The molecule has 0 spiro atoms. The Morgan fingerprint density at radius 1 is 1.91 bits per heavy atom. The quantitative estimate of drug-likeness (QED) is 0.369. The minimum Gasteiger partial charge on any atom is -0.374 e. The molecule has 64 valence electrons. The number of aliphatic hydroxyl groups excluding tert-OH is 1. The Labute approximate surface area is 68.6 Å². The van der Waals surface area contributed by atoms with E-state index in [4.69, 9.17) is 5.11 Å². The van der Waals surface area contributed by atoms with Crippen molar-refractivity contribution in [3.63, 3.8) is 0 Å². The summed E-state index contributed by atoms with van der Waals surface area (Å²) in [7, 11) is 0. The van der Waals surface area contributed by atoms with Crippen molar-refractivity contribution in [2.75, 3.05) is 6.26 Å². The second-order valence-electron chi connectivity index (χ2n) is 1.80. The zero-order valence-electron chi connectivity index (χ0n) is 6.27. The summed E-state index contributed by atoms with van der Waals surface area (Å²) in [5.41, 5.74) is 0. The molecule has 6 heteroatoms. The van der Waals surface area contributed by atoms with Crippen LogP contribution in [-0.4, -0.2) is 22.5 Å². The van der Waals surface area contributed by atoms with Crippen molar-refractivity contribution in [1.29, 1.82) is 0 Å². The standard InChI is InChI=1S/C5H10N2O3S/c1-4(8)6-5(11-2)3-7(9)10/h3-4,6,8H,1-2H3/b5-3-. The Kier molecular flexibility index (Phi) is 4.64. The normalized spacial score (nSPS) is 14.3. The fraction of sp³-hybridized carbons (Fsp3) is 0.600. The Morgan fingerprint density at radius 2 is 2.45 bits per heavy atom. The number of thioether (sulfide) groups is 1. The second-order valence-corrected chi connectivity index (χ2v) is 2.65. The fourth-order valence-electron chi connectivity index (χ4n) is 0.451. The van der Waals surface area contributed by atoms with Gasteiger partial charge in [-0.05, 0) is 13.2 Å². The third kappa shape index (κ3) is 5.68. The predicted molar refractivity (Wildman–Crippen MR) is 43.4 cm³/mol. The SMILES string of the molecule is CS/C(=C\[N+](=O)[O-])NC(C)O. The summed E-state index contributed by atoms with van der Waals surface area (Å²) < 4.78 is 0. The van der Waals surface area contributed by atoms with Crippen LogP contribution in [0.2, 0.25) is 0 Å². The van der Waals surface area contributed by atoms with E-state index < -0.39 is 11.2 Å². The highest BCUT2D eigenvalue weighted by Crippen LogP contribution is 2.07. The summed E-state index contributed by atoms with van der Waals surface area (Å²) >= 11 is 1.17. The average molecular weight is 178 g/mol. The number of aliphatic hydroxyl groups is 1. The molecular weight excluding hydrogens is 168 g/mol. The Bertz CT molecular complexity index is 169. The van der Waals surface area contributed by atoms with Gasteiger partial charge in [0.1, 0.15) is 11.3 Å². The Hall–Kier alpha value is -0.750. The van der Waals surface area contributed by atoms with Gasteiger partial charge < -0.3 is 10.4 Å². The van der Waals surface area contributed by atoms with Crippen LogP contribution < -0.4 is 5.32 Å². The highest BCUT2D eigenvalue weighted by Gasteiger charge is 2.02. The lowest BCUT2D eigenvalue weighted by Crippen LogP contribution is -2.23. The maximum Gasteiger partial charge on any atom is 0.264 e. The van der Waals surface area contributed by atoms with Crippen LogP contribution in [0.25, 0.3) is 0 Å². The number of nitro groups is 1. The van der Waals surface area contributed by atoms with Gasteiger partial charge in [0, 0.05) is 0 Å². The first-order chi connectivity index (χ1) is 5.06. The number of hydrogen-bond acceptors (Lipinski definition) is 5. The molecule has 1 atom stereocenters. The summed E-state index contributed by atoms with van der Waals surface area (Å²) in [5, 5.41) is 21.6. The molecule has 0 aliphatic carbocycles. The van der Waals surface area contributed by atoms with Crippen molar-refractivity contribution >= 4 is 11.8 Å². The van der Waals surface area contributed by atoms with Crippen LogP contribution in [0, 0.1) is 10.1 Å². The van der Waals surface area contributed by atoms with E-state index >= 15 is 0 Å². The molecule has 1 unspecified atom stereocenters. The number of nitrogens with zero attached hydrogens (tertiary/aromatic N) is 1. The Balaban J connectivity index is 4.05. The van der Waals surface area contributed by atoms with Crippen LogP contribution in [0.15, 0.2) is 11.2 Å². The molecular formula is C5H10N2O3S. The third-order valence-electron chi connectivity index (χ3n) is 0.794. The van der Waals surface area contributed by atoms with Gasteiger partial charge in [0.05, 0.1) is 4.92 Å². The van der Waals surface area contributed by atoms with E-state index in [9.17, 15) is 10.1 Å². The van der Waals surface area contributed by atoms with Crippen molar-refractivity contribution in [1.82, 2.24) is 5.32 Å². The monoisotopic (exact) mass is 178 g/mol. The molecule has 0 radical (unpaired) electrons. The number of nitrogens with one attached hydrogen (secondary N) is 1. The molecule has 0 aliphatic rings. The predicted octanol–water partition coefficient (Wildman–Crippen LogP) is 0.353. The lowest BCUT2D eigenvalue weighted by molar-refractivity contribution is -0.403. The fourth-order valence-corrected chi connectivity index (χ4v) is 0.930. The molecule has 0 rings (SSSR count). The molecule has 0 aliphatic heterocycles. The van der Waals surface area contributed by atoms with Crippen LogP contribution in [0.5, 0.6) is 0 Å². The minimum absolute atomic E-state index is 0.338. The Morgan fingerprint density at radius 3 is 2.73 bits per heavy atom. The molecule has 0 fully saturated rings. The van der Waals surface area contributed by atoms with E-state index in [0.29, 0.717) is 5.03 Å². The lowest BCUT2D eigenvalue weighted by Gasteiger charge is -2.07. The van der Waals surface area contributed by atoms with Crippen LogP contribution in [0.1, 0.15) is 6.92 Å². The smallest absolute Gasteiger partial charge is 0.264 e. The van der Waals surface area contributed by atoms with Gasteiger partial charge in [-0.1, -0.05) is 0 Å². The van der Waals surface area contributed by atoms with E-state index in [1.165, 1.54) is 18.7 Å². The summed E-state index contributed by atoms with van der Waals surface area (Å²) in [5.74, 6) is 0. The topological polar surface area (TPSA) is 75.4 Å².